The van der Waals surface area contributed by atoms with Gasteiger partial charge in [-0.05, 0) is 74.4 Å². The van der Waals surface area contributed by atoms with E-state index in [4.69, 9.17) is 24.2 Å². The lowest BCUT2D eigenvalue weighted by atomic mass is 10.0. The third-order valence-electron chi connectivity index (χ3n) is 12.7. The molecular formula is C49H53N9O7. The van der Waals surface area contributed by atoms with Gasteiger partial charge in [0.05, 0.1) is 61.3 Å². The first kappa shape index (κ1) is 42.9. The monoisotopic (exact) mass is 879 g/mol. The number of H-pyrrole nitrogens is 2. The summed E-state index contributed by atoms with van der Waals surface area (Å²) in [4.78, 5) is 71.7. The van der Waals surface area contributed by atoms with Crippen LogP contribution in [0.15, 0.2) is 97.3 Å². The Labute approximate surface area is 376 Å². The molecule has 0 radical (unpaired) electrons. The third-order valence-corrected chi connectivity index (χ3v) is 12.7. The van der Waals surface area contributed by atoms with E-state index >= 15 is 0 Å². The van der Waals surface area contributed by atoms with Gasteiger partial charge in [0.1, 0.15) is 29.5 Å². The molecule has 3 aliphatic heterocycles. The number of aromatic amines is 2. The lowest BCUT2D eigenvalue weighted by Crippen LogP contribution is -2.51. The zero-order chi connectivity index (χ0) is 45.5. The maximum atomic E-state index is 13.8. The average Bonchev–Trinajstić information content (AvgIpc) is 4.18. The molecule has 3 aromatic carbocycles. The van der Waals surface area contributed by atoms with Crippen LogP contribution in [0.1, 0.15) is 82.0 Å². The molecule has 3 aliphatic rings. The second kappa shape index (κ2) is 17.7. The van der Waals surface area contributed by atoms with Crippen molar-refractivity contribution in [2.45, 2.75) is 76.8 Å². The number of fused-ring (bicyclic) bond motifs is 5. The molecule has 6 aromatic rings. The number of hydrogen-bond acceptors (Lipinski definition) is 9. The molecule has 6 heterocycles. The summed E-state index contributed by atoms with van der Waals surface area (Å²) in [6.07, 6.45) is 4.90. The minimum Gasteiger partial charge on any atom is -0.465 e. The van der Waals surface area contributed by atoms with Crippen LogP contribution in [0.5, 0.6) is 5.75 Å². The molecule has 9 rings (SSSR count). The molecule has 5 atom stereocenters. The lowest BCUT2D eigenvalue weighted by Gasteiger charge is -2.30. The molecule has 0 saturated carbocycles. The van der Waals surface area contributed by atoms with E-state index in [1.165, 1.54) is 14.2 Å². The maximum Gasteiger partial charge on any atom is 0.407 e. The number of ether oxygens (including phenoxy) is 3. The predicted octanol–water partition coefficient (Wildman–Crippen LogP) is 8.04. The molecular weight excluding hydrogens is 827 g/mol. The Morgan fingerprint density at radius 3 is 2.00 bits per heavy atom. The van der Waals surface area contributed by atoms with E-state index in [-0.39, 0.29) is 29.8 Å². The summed E-state index contributed by atoms with van der Waals surface area (Å²) in [5, 5.41) is 6.35. The van der Waals surface area contributed by atoms with Crippen LogP contribution in [-0.2, 0) is 19.1 Å². The van der Waals surface area contributed by atoms with Gasteiger partial charge in [-0.2, -0.15) is 0 Å². The van der Waals surface area contributed by atoms with Crippen LogP contribution < -0.4 is 15.4 Å². The number of benzene rings is 3. The maximum absolute atomic E-state index is 13.8. The van der Waals surface area contributed by atoms with Crippen LogP contribution in [0.3, 0.4) is 0 Å². The topological polar surface area (TPSA) is 189 Å². The first-order valence-corrected chi connectivity index (χ1v) is 22.0. The molecule has 4 amide bonds. The zero-order valence-electron chi connectivity index (χ0n) is 37.1. The number of methoxy groups -OCH3 is 2. The van der Waals surface area contributed by atoms with E-state index in [2.05, 4.69) is 80.3 Å². The van der Waals surface area contributed by atoms with Crippen molar-refractivity contribution in [2.24, 2.45) is 5.92 Å². The van der Waals surface area contributed by atoms with Gasteiger partial charge in [0.25, 0.3) is 0 Å². The van der Waals surface area contributed by atoms with Gasteiger partial charge in [0.15, 0.2) is 0 Å². The summed E-state index contributed by atoms with van der Waals surface area (Å²) in [7, 11) is 2.55. The average molecular weight is 880 g/mol. The van der Waals surface area contributed by atoms with E-state index in [0.717, 1.165) is 81.7 Å². The highest BCUT2D eigenvalue weighted by Crippen LogP contribution is 2.46. The molecule has 2 fully saturated rings. The Morgan fingerprint density at radius 1 is 0.785 bits per heavy atom. The first-order valence-electron chi connectivity index (χ1n) is 22.0. The number of carbonyl (C=O) groups is 4. The molecule has 3 aromatic heterocycles. The Morgan fingerprint density at radius 2 is 1.38 bits per heavy atom. The van der Waals surface area contributed by atoms with Crippen LogP contribution in [0.2, 0.25) is 0 Å². The van der Waals surface area contributed by atoms with Gasteiger partial charge in [-0.25, -0.2) is 19.6 Å². The van der Waals surface area contributed by atoms with Crippen molar-refractivity contribution in [1.82, 2.24) is 44.9 Å². The number of nitrogens with one attached hydrogen (secondary N) is 4. The second-order valence-corrected chi connectivity index (χ2v) is 17.3. The molecule has 336 valence electrons. The van der Waals surface area contributed by atoms with Crippen molar-refractivity contribution in [1.29, 1.82) is 0 Å². The number of aromatic nitrogens is 5. The normalized spacial score (nSPS) is 18.7. The Kier molecular flexibility index (Phi) is 11.7. The number of hydrogen-bond donors (Lipinski definition) is 4. The highest BCUT2D eigenvalue weighted by atomic mass is 16.5. The van der Waals surface area contributed by atoms with Crippen molar-refractivity contribution >= 4 is 34.9 Å². The standard InChI is InChI=1S/C49H53N9O7/c1-27(2)41(54-48(61)63-5)45(59)56-20-10-14-37(56)43-50-25-34(52-43)30-17-19-36-32(22-30)23-39-33-18-16-31(24-40(33)65-47(58(36)39)29-12-8-7-9-13-29)35-26-51-44(53-35)38-15-11-21-57(38)46(60)42(28(3)4)55-49(62)64-6/h7-9,12-13,16-19,22-26,28,37-38,41-42,47H,1,10-11,14-15,20-21H2,2-6H3,(H,50,52)(H,51,53)(H,54,61)(H,55,62)/t37-,38-,41-,42-,47-/m0/s1. The van der Waals surface area contributed by atoms with E-state index < -0.39 is 30.5 Å². The summed E-state index contributed by atoms with van der Waals surface area (Å²) in [5.41, 5.74) is 7.88. The molecule has 16 nitrogen and oxygen atoms in total. The molecule has 0 spiro atoms. The van der Waals surface area contributed by atoms with E-state index in [0.29, 0.717) is 30.3 Å². The van der Waals surface area contributed by atoms with Crippen LogP contribution in [0.4, 0.5) is 9.59 Å². The first-order chi connectivity index (χ1) is 31.4. The van der Waals surface area contributed by atoms with E-state index in [9.17, 15) is 19.2 Å². The Bertz CT molecular complexity index is 2790. The largest absolute Gasteiger partial charge is 0.465 e. The van der Waals surface area contributed by atoms with Crippen molar-refractivity contribution < 1.29 is 33.4 Å². The smallest absolute Gasteiger partial charge is 0.407 e. The quantitative estimate of drug-likeness (QED) is 0.0934. The van der Waals surface area contributed by atoms with Crippen LogP contribution in [-0.4, -0.2) is 97.7 Å². The van der Waals surface area contributed by atoms with Gasteiger partial charge in [-0.1, -0.05) is 62.9 Å². The molecule has 2 saturated heterocycles. The van der Waals surface area contributed by atoms with Gasteiger partial charge in [0.2, 0.25) is 18.0 Å². The van der Waals surface area contributed by atoms with Gasteiger partial charge >= 0.3 is 12.2 Å². The number of amides is 4. The van der Waals surface area contributed by atoms with Gasteiger partial charge in [-0.3, -0.25) is 9.59 Å². The van der Waals surface area contributed by atoms with Crippen molar-refractivity contribution in [2.75, 3.05) is 27.3 Å². The van der Waals surface area contributed by atoms with Crippen molar-refractivity contribution in [3.05, 3.63) is 115 Å². The van der Waals surface area contributed by atoms with Crippen molar-refractivity contribution in [3.8, 4) is 39.5 Å². The number of carbonyl (C=O) groups excluding carboxylic acids is 4. The summed E-state index contributed by atoms with van der Waals surface area (Å²) < 4.78 is 18.7. The zero-order valence-corrected chi connectivity index (χ0v) is 37.1. The SMILES string of the molecule is C=C(C)[C@H](NC(=O)OC)C(=O)N1CCC[C@H]1c1ncc(-c2ccc3c(c2)cc2n3[C@H](c3ccccc3)Oc3cc(-c4cnc([C@@H]5CCCN5C(=O)[C@@H](NC(=O)OC)C(C)C)[nH]4)ccc3-2)[nH]1. The number of imidazole rings is 2. The summed E-state index contributed by atoms with van der Waals surface area (Å²) in [6.45, 7) is 10.5. The number of likely N-dealkylation sites (tertiary alicyclic amines) is 2. The second-order valence-electron chi connectivity index (χ2n) is 17.3. The molecule has 65 heavy (non-hydrogen) atoms. The number of rotatable bonds is 11. The van der Waals surface area contributed by atoms with E-state index in [1.54, 1.807) is 29.1 Å². The highest BCUT2D eigenvalue weighted by Gasteiger charge is 2.39. The van der Waals surface area contributed by atoms with Gasteiger partial charge < -0.3 is 49.2 Å². The Balaban J connectivity index is 1.00. The minimum atomic E-state index is -0.908. The van der Waals surface area contributed by atoms with Crippen LogP contribution in [0.25, 0.3) is 44.7 Å². The lowest BCUT2D eigenvalue weighted by molar-refractivity contribution is -0.135. The minimum absolute atomic E-state index is 0.134. The van der Waals surface area contributed by atoms with Crippen LogP contribution in [0, 0.1) is 5.92 Å². The summed E-state index contributed by atoms with van der Waals surface area (Å²) >= 11 is 0. The van der Waals surface area contributed by atoms with Crippen LogP contribution >= 0.6 is 0 Å². The number of alkyl carbamates (subject to hydrolysis) is 2. The highest BCUT2D eigenvalue weighted by molar-refractivity contribution is 5.93. The number of nitrogens with zero attached hydrogens (tertiary/aromatic N) is 5. The van der Waals surface area contributed by atoms with E-state index in [1.807, 2.05) is 38.1 Å². The fourth-order valence-corrected chi connectivity index (χ4v) is 9.42. The molecule has 16 heteroatoms. The fraction of sp³-hybridized carbons (Fsp3) is 0.347. The molecule has 4 N–H and O–H groups in total. The van der Waals surface area contributed by atoms with Crippen molar-refractivity contribution in [3.63, 3.8) is 0 Å². The molecule has 0 bridgehead atoms. The van der Waals surface area contributed by atoms with Gasteiger partial charge in [0, 0.05) is 40.7 Å². The predicted molar refractivity (Wildman–Crippen MR) is 243 cm³/mol. The Hall–Kier alpha value is -7.36. The summed E-state index contributed by atoms with van der Waals surface area (Å²) in [5.74, 6) is 1.53. The molecule has 0 aliphatic carbocycles. The van der Waals surface area contributed by atoms with Gasteiger partial charge in [-0.15, -0.1) is 0 Å². The summed E-state index contributed by atoms with van der Waals surface area (Å²) in [6, 6.07) is 22.6. The molecule has 0 unspecified atom stereocenters. The third kappa shape index (κ3) is 8.08. The fourth-order valence-electron chi connectivity index (χ4n) is 9.42.